The van der Waals surface area contributed by atoms with Gasteiger partial charge in [0, 0.05) is 10.0 Å². The molecule has 1 heterocycles. The molecule has 0 amide bonds. The topological polar surface area (TPSA) is 18.5 Å². The Hall–Kier alpha value is -0.0900. The van der Waals surface area contributed by atoms with Gasteiger partial charge in [0.1, 0.15) is 0 Å². The molecule has 15 heavy (non-hydrogen) atoms. The largest absolute Gasteiger partial charge is 0.343 e. The number of benzene rings is 1. The Morgan fingerprint density at radius 1 is 1.60 bits per heavy atom. The fraction of sp³-hybridized carbons (Fsp3) is 0.455. The Balaban J connectivity index is 2.23. The summed E-state index contributed by atoms with van der Waals surface area (Å²) in [5.41, 5.74) is 1.00. The molecule has 1 aromatic carbocycles. The molecule has 0 N–H and O–H groups in total. The van der Waals surface area contributed by atoms with Crippen LogP contribution >= 0.6 is 27.5 Å². The zero-order chi connectivity index (χ0) is 10.9. The van der Waals surface area contributed by atoms with Crippen molar-refractivity contribution in [2.45, 2.75) is 18.8 Å². The highest BCUT2D eigenvalue weighted by Crippen LogP contribution is 2.34. The molecule has 0 bridgehead atoms. The van der Waals surface area contributed by atoms with E-state index >= 15 is 0 Å². The van der Waals surface area contributed by atoms with Crippen LogP contribution in [0.3, 0.4) is 0 Å². The number of rotatable bonds is 2. The van der Waals surface area contributed by atoms with Crippen LogP contribution in [0.5, 0.6) is 0 Å². The SMILES string of the molecule is CC1(c2cccc(Br)c2)OCC(CCl)O1. The van der Waals surface area contributed by atoms with Gasteiger partial charge in [-0.3, -0.25) is 0 Å². The molecular weight excluding hydrogens is 279 g/mol. The second kappa shape index (κ2) is 4.42. The Morgan fingerprint density at radius 2 is 2.40 bits per heavy atom. The summed E-state index contributed by atoms with van der Waals surface area (Å²) in [4.78, 5) is 0. The van der Waals surface area contributed by atoms with Crippen LogP contribution < -0.4 is 0 Å². The molecule has 4 heteroatoms. The second-order valence-electron chi connectivity index (χ2n) is 3.66. The molecule has 2 unspecified atom stereocenters. The van der Waals surface area contributed by atoms with Crippen molar-refractivity contribution in [2.75, 3.05) is 12.5 Å². The molecule has 82 valence electrons. The highest BCUT2D eigenvalue weighted by molar-refractivity contribution is 9.10. The molecule has 1 aliphatic heterocycles. The van der Waals surface area contributed by atoms with Crippen molar-refractivity contribution in [1.82, 2.24) is 0 Å². The van der Waals surface area contributed by atoms with E-state index in [0.29, 0.717) is 12.5 Å². The van der Waals surface area contributed by atoms with Crippen LogP contribution in [0.2, 0.25) is 0 Å². The lowest BCUT2D eigenvalue weighted by Crippen LogP contribution is -2.24. The Morgan fingerprint density at radius 3 is 3.00 bits per heavy atom. The maximum atomic E-state index is 5.76. The molecule has 0 radical (unpaired) electrons. The lowest BCUT2D eigenvalue weighted by atomic mass is 10.1. The average molecular weight is 292 g/mol. The number of alkyl halides is 1. The van der Waals surface area contributed by atoms with Gasteiger partial charge in [-0.2, -0.15) is 0 Å². The molecule has 2 rings (SSSR count). The number of ether oxygens (including phenoxy) is 2. The van der Waals surface area contributed by atoms with Crippen molar-refractivity contribution in [3.63, 3.8) is 0 Å². The minimum atomic E-state index is -0.663. The van der Waals surface area contributed by atoms with Gasteiger partial charge in [-0.05, 0) is 19.1 Å². The first-order valence-electron chi connectivity index (χ1n) is 4.78. The molecule has 2 atom stereocenters. The van der Waals surface area contributed by atoms with Crippen LogP contribution in [-0.2, 0) is 15.3 Å². The van der Waals surface area contributed by atoms with Crippen LogP contribution in [0, 0.1) is 0 Å². The maximum absolute atomic E-state index is 5.76. The van der Waals surface area contributed by atoms with Crippen molar-refractivity contribution >= 4 is 27.5 Å². The summed E-state index contributed by atoms with van der Waals surface area (Å²) in [6.07, 6.45) is -0.0179. The van der Waals surface area contributed by atoms with Crippen molar-refractivity contribution in [1.29, 1.82) is 0 Å². The monoisotopic (exact) mass is 290 g/mol. The highest BCUT2D eigenvalue weighted by Gasteiger charge is 2.38. The summed E-state index contributed by atoms with van der Waals surface area (Å²) < 4.78 is 12.4. The van der Waals surface area contributed by atoms with Crippen molar-refractivity contribution in [2.24, 2.45) is 0 Å². The first-order valence-corrected chi connectivity index (χ1v) is 6.10. The van der Waals surface area contributed by atoms with Gasteiger partial charge in [0.15, 0.2) is 5.79 Å². The smallest absolute Gasteiger partial charge is 0.192 e. The van der Waals surface area contributed by atoms with E-state index in [1.54, 1.807) is 0 Å². The summed E-state index contributed by atoms with van der Waals surface area (Å²) in [7, 11) is 0. The van der Waals surface area contributed by atoms with Gasteiger partial charge in [0.2, 0.25) is 0 Å². The minimum absolute atomic E-state index is 0.0179. The van der Waals surface area contributed by atoms with E-state index in [1.165, 1.54) is 0 Å². The van der Waals surface area contributed by atoms with Crippen molar-refractivity contribution < 1.29 is 9.47 Å². The lowest BCUT2D eigenvalue weighted by molar-refractivity contribution is -0.159. The van der Waals surface area contributed by atoms with Gasteiger partial charge in [-0.1, -0.05) is 28.1 Å². The van der Waals surface area contributed by atoms with Crippen LogP contribution in [0.15, 0.2) is 28.7 Å². The van der Waals surface area contributed by atoms with Crippen LogP contribution in [-0.4, -0.2) is 18.6 Å². The highest BCUT2D eigenvalue weighted by atomic mass is 79.9. The van der Waals surface area contributed by atoms with E-state index in [1.807, 2.05) is 31.2 Å². The Kier molecular flexibility index (Phi) is 3.36. The summed E-state index contributed by atoms with van der Waals surface area (Å²) in [6.45, 7) is 2.47. The Bertz CT molecular complexity index is 358. The first kappa shape index (κ1) is 11.4. The van der Waals surface area contributed by atoms with E-state index in [2.05, 4.69) is 15.9 Å². The quantitative estimate of drug-likeness (QED) is 0.779. The summed E-state index contributed by atoms with van der Waals surface area (Å²) >= 11 is 9.17. The molecular formula is C11H12BrClO2. The summed E-state index contributed by atoms with van der Waals surface area (Å²) in [5, 5.41) is 0. The van der Waals surface area contributed by atoms with Gasteiger partial charge >= 0.3 is 0 Å². The summed E-state index contributed by atoms with van der Waals surface area (Å²) in [5.74, 6) is -0.201. The van der Waals surface area contributed by atoms with Crippen molar-refractivity contribution in [3.05, 3.63) is 34.3 Å². The molecule has 1 aliphatic rings. The molecule has 0 saturated carbocycles. The van der Waals surface area contributed by atoms with E-state index < -0.39 is 5.79 Å². The third-order valence-corrected chi connectivity index (χ3v) is 3.29. The summed E-state index contributed by atoms with van der Waals surface area (Å²) in [6, 6.07) is 7.92. The predicted octanol–water partition coefficient (Wildman–Crippen LogP) is 3.28. The third kappa shape index (κ3) is 2.36. The predicted molar refractivity (Wildman–Crippen MR) is 63.0 cm³/mol. The lowest BCUT2D eigenvalue weighted by Gasteiger charge is -2.23. The van der Waals surface area contributed by atoms with Gasteiger partial charge in [-0.15, -0.1) is 11.6 Å². The average Bonchev–Trinajstić information content (AvgIpc) is 2.62. The van der Waals surface area contributed by atoms with Gasteiger partial charge in [-0.25, -0.2) is 0 Å². The fourth-order valence-electron chi connectivity index (χ4n) is 1.64. The zero-order valence-electron chi connectivity index (χ0n) is 8.37. The van der Waals surface area contributed by atoms with Crippen molar-refractivity contribution in [3.8, 4) is 0 Å². The Labute approximate surface area is 103 Å². The molecule has 1 saturated heterocycles. The molecule has 0 aromatic heterocycles. The maximum Gasteiger partial charge on any atom is 0.192 e. The third-order valence-electron chi connectivity index (χ3n) is 2.46. The number of halogens is 2. The second-order valence-corrected chi connectivity index (χ2v) is 4.89. The molecule has 0 spiro atoms. The van der Waals surface area contributed by atoms with Gasteiger partial charge in [0.25, 0.3) is 0 Å². The standard InChI is InChI=1S/C11H12BrClO2/c1-11(14-7-10(6-13)15-11)8-3-2-4-9(12)5-8/h2-5,10H,6-7H2,1H3. The minimum Gasteiger partial charge on any atom is -0.343 e. The van der Waals surface area contributed by atoms with E-state index in [9.17, 15) is 0 Å². The molecule has 1 aromatic rings. The number of hydrogen-bond acceptors (Lipinski definition) is 2. The molecule has 1 fully saturated rings. The van der Waals surface area contributed by atoms with Crippen LogP contribution in [0.1, 0.15) is 12.5 Å². The molecule has 2 nitrogen and oxygen atoms in total. The normalized spacial score (nSPS) is 30.7. The van der Waals surface area contributed by atoms with E-state index in [4.69, 9.17) is 21.1 Å². The van der Waals surface area contributed by atoms with Crippen LogP contribution in [0.4, 0.5) is 0 Å². The van der Waals surface area contributed by atoms with Crippen LogP contribution in [0.25, 0.3) is 0 Å². The first-order chi connectivity index (χ1) is 7.14. The van der Waals surface area contributed by atoms with E-state index in [-0.39, 0.29) is 6.10 Å². The molecule has 0 aliphatic carbocycles. The van der Waals surface area contributed by atoms with Gasteiger partial charge < -0.3 is 9.47 Å². The fourth-order valence-corrected chi connectivity index (χ4v) is 2.19. The number of hydrogen-bond donors (Lipinski definition) is 0. The van der Waals surface area contributed by atoms with Gasteiger partial charge in [0.05, 0.1) is 18.6 Å². The zero-order valence-corrected chi connectivity index (χ0v) is 10.7. The van der Waals surface area contributed by atoms with E-state index in [0.717, 1.165) is 10.0 Å².